The molecule has 0 saturated heterocycles. The van der Waals surface area contributed by atoms with Gasteiger partial charge in [0.15, 0.2) is 0 Å². The van der Waals surface area contributed by atoms with Gasteiger partial charge in [-0.1, -0.05) is 0 Å². The van der Waals surface area contributed by atoms with Gasteiger partial charge in [-0.25, -0.2) is 0 Å². The van der Waals surface area contributed by atoms with E-state index in [4.69, 9.17) is 0 Å². The highest BCUT2D eigenvalue weighted by Crippen LogP contribution is 2.23. The maximum absolute atomic E-state index is 11.2. The molecule has 106 valence electrons. The molecule has 0 fully saturated rings. The molecule has 1 aromatic carbocycles. The first-order valence-electron chi connectivity index (χ1n) is 6.26. The molecule has 0 bridgehead atoms. The second-order valence-corrected chi connectivity index (χ2v) is 5.73. The Hall–Kier alpha value is -2.01. The Balaban J connectivity index is 1.95. The molecule has 0 unspecified atom stereocenters. The Morgan fingerprint density at radius 3 is 2.75 bits per heavy atom. The highest BCUT2D eigenvalue weighted by molar-refractivity contribution is 7.12. The molecule has 1 heterocycles. The maximum Gasteiger partial charge on any atom is 0.310 e. The van der Waals surface area contributed by atoms with Gasteiger partial charge in [-0.15, -0.1) is 11.3 Å². The van der Waals surface area contributed by atoms with Crippen molar-refractivity contribution >= 4 is 23.0 Å². The van der Waals surface area contributed by atoms with Crippen molar-refractivity contribution in [3.8, 4) is 5.75 Å². The molecule has 4 nitrogen and oxygen atoms in total. The molecule has 0 aliphatic carbocycles. The van der Waals surface area contributed by atoms with Gasteiger partial charge in [0.1, 0.15) is 5.75 Å². The Bertz CT molecular complexity index is 607. The SMILES string of the molecule is COC(=O)Cc1ccc(CNc2ccc(O)cc2C)s1. The van der Waals surface area contributed by atoms with Crippen molar-refractivity contribution in [1.29, 1.82) is 0 Å². The van der Waals surface area contributed by atoms with Crippen LogP contribution in [0.25, 0.3) is 0 Å². The van der Waals surface area contributed by atoms with Crippen molar-refractivity contribution < 1.29 is 14.6 Å². The number of anilines is 1. The molecule has 0 amide bonds. The quantitative estimate of drug-likeness (QED) is 0.656. The number of thiophene rings is 1. The van der Waals surface area contributed by atoms with Crippen molar-refractivity contribution in [3.05, 3.63) is 45.6 Å². The number of esters is 1. The highest BCUT2D eigenvalue weighted by Gasteiger charge is 2.06. The summed E-state index contributed by atoms with van der Waals surface area (Å²) in [5, 5.41) is 12.7. The molecule has 2 aromatic rings. The zero-order chi connectivity index (χ0) is 14.5. The number of aromatic hydroxyl groups is 1. The van der Waals surface area contributed by atoms with Gasteiger partial charge in [0, 0.05) is 22.0 Å². The minimum atomic E-state index is -0.222. The first kappa shape index (κ1) is 14.4. The van der Waals surface area contributed by atoms with E-state index in [-0.39, 0.29) is 11.7 Å². The van der Waals surface area contributed by atoms with Crippen LogP contribution in [0.3, 0.4) is 0 Å². The summed E-state index contributed by atoms with van der Waals surface area (Å²) < 4.78 is 4.65. The Morgan fingerprint density at radius 1 is 1.30 bits per heavy atom. The number of aryl methyl sites for hydroxylation is 1. The van der Waals surface area contributed by atoms with Crippen molar-refractivity contribution in [3.63, 3.8) is 0 Å². The zero-order valence-electron chi connectivity index (χ0n) is 11.5. The zero-order valence-corrected chi connectivity index (χ0v) is 12.3. The van der Waals surface area contributed by atoms with Crippen molar-refractivity contribution in [2.24, 2.45) is 0 Å². The molecule has 20 heavy (non-hydrogen) atoms. The Morgan fingerprint density at radius 2 is 2.05 bits per heavy atom. The summed E-state index contributed by atoms with van der Waals surface area (Å²) >= 11 is 1.59. The number of phenols is 1. The van der Waals surface area contributed by atoms with E-state index in [0.29, 0.717) is 13.0 Å². The first-order valence-corrected chi connectivity index (χ1v) is 7.08. The Labute approximate surface area is 122 Å². The molecule has 2 rings (SSSR count). The highest BCUT2D eigenvalue weighted by atomic mass is 32.1. The second-order valence-electron chi connectivity index (χ2n) is 4.47. The minimum absolute atomic E-state index is 0.222. The first-order chi connectivity index (χ1) is 9.58. The smallest absolute Gasteiger partial charge is 0.310 e. The van der Waals surface area contributed by atoms with Crippen LogP contribution in [0, 0.1) is 6.92 Å². The van der Waals surface area contributed by atoms with Gasteiger partial charge in [0.25, 0.3) is 0 Å². The maximum atomic E-state index is 11.2. The lowest BCUT2D eigenvalue weighted by atomic mass is 10.2. The van der Waals surface area contributed by atoms with E-state index in [0.717, 1.165) is 21.0 Å². The van der Waals surface area contributed by atoms with Crippen LogP contribution in [0.4, 0.5) is 5.69 Å². The topological polar surface area (TPSA) is 58.6 Å². The van der Waals surface area contributed by atoms with Crippen molar-refractivity contribution in [1.82, 2.24) is 0 Å². The second kappa shape index (κ2) is 6.43. The van der Waals surface area contributed by atoms with Gasteiger partial charge in [-0.3, -0.25) is 4.79 Å². The fourth-order valence-electron chi connectivity index (χ4n) is 1.86. The molecule has 0 saturated carbocycles. The number of nitrogens with one attached hydrogen (secondary N) is 1. The van der Waals surface area contributed by atoms with Gasteiger partial charge in [0.2, 0.25) is 0 Å². The predicted octanol–water partition coefficient (Wildman–Crippen LogP) is 3.09. The van der Waals surface area contributed by atoms with E-state index in [1.165, 1.54) is 7.11 Å². The fourth-order valence-corrected chi connectivity index (χ4v) is 2.80. The van der Waals surface area contributed by atoms with Crippen LogP contribution in [0.1, 0.15) is 15.3 Å². The molecule has 0 atom stereocenters. The van der Waals surface area contributed by atoms with Crippen LogP contribution in [0.5, 0.6) is 5.75 Å². The van der Waals surface area contributed by atoms with Crippen molar-refractivity contribution in [2.75, 3.05) is 12.4 Å². The van der Waals surface area contributed by atoms with E-state index in [1.807, 2.05) is 25.1 Å². The van der Waals surface area contributed by atoms with Crippen LogP contribution in [-0.4, -0.2) is 18.2 Å². The standard InChI is InChI=1S/C15H17NO3S/c1-10-7-11(17)3-6-14(10)16-9-13-5-4-12(20-13)8-15(18)19-2/h3-7,16-17H,8-9H2,1-2H3. The molecule has 0 aliphatic rings. The molecule has 0 radical (unpaired) electrons. The third-order valence-corrected chi connectivity index (χ3v) is 4.01. The van der Waals surface area contributed by atoms with E-state index in [1.54, 1.807) is 23.5 Å². The number of hydrogen-bond donors (Lipinski definition) is 2. The number of carbonyl (C=O) groups is 1. The molecular formula is C15H17NO3S. The number of phenolic OH excluding ortho intramolecular Hbond substituents is 1. The predicted molar refractivity (Wildman–Crippen MR) is 80.2 cm³/mol. The van der Waals surface area contributed by atoms with Gasteiger partial charge >= 0.3 is 5.97 Å². The summed E-state index contributed by atoms with van der Waals surface area (Å²) in [6.45, 7) is 2.64. The van der Waals surface area contributed by atoms with E-state index in [2.05, 4.69) is 10.1 Å². The lowest BCUT2D eigenvalue weighted by molar-refractivity contribution is -0.139. The summed E-state index contributed by atoms with van der Waals surface area (Å²) in [6, 6.07) is 9.19. The number of ether oxygens (including phenoxy) is 1. The van der Waals surface area contributed by atoms with Gasteiger partial charge < -0.3 is 15.2 Å². The van der Waals surface area contributed by atoms with Crippen LogP contribution in [0.15, 0.2) is 30.3 Å². The Kier molecular flexibility index (Phi) is 4.63. The van der Waals surface area contributed by atoms with Crippen molar-refractivity contribution in [2.45, 2.75) is 19.9 Å². The summed E-state index contributed by atoms with van der Waals surface area (Å²) in [7, 11) is 1.39. The lowest BCUT2D eigenvalue weighted by Gasteiger charge is -2.08. The largest absolute Gasteiger partial charge is 0.508 e. The number of carbonyl (C=O) groups excluding carboxylic acids is 1. The van der Waals surface area contributed by atoms with Gasteiger partial charge in [-0.2, -0.15) is 0 Å². The molecular weight excluding hydrogens is 274 g/mol. The number of methoxy groups -OCH3 is 1. The summed E-state index contributed by atoms with van der Waals surface area (Å²) in [4.78, 5) is 13.3. The summed E-state index contributed by atoms with van der Waals surface area (Å²) in [5.41, 5.74) is 1.99. The lowest BCUT2D eigenvalue weighted by Crippen LogP contribution is -2.02. The van der Waals surface area contributed by atoms with Crippen LogP contribution in [-0.2, 0) is 22.5 Å². The third-order valence-electron chi connectivity index (χ3n) is 2.93. The summed E-state index contributed by atoms with van der Waals surface area (Å²) in [6.07, 6.45) is 0.319. The summed E-state index contributed by atoms with van der Waals surface area (Å²) in [5.74, 6) is 0.0466. The third kappa shape index (κ3) is 3.74. The molecule has 5 heteroatoms. The van der Waals surface area contributed by atoms with E-state index in [9.17, 15) is 9.90 Å². The van der Waals surface area contributed by atoms with Gasteiger partial charge in [0.05, 0.1) is 13.5 Å². The number of rotatable bonds is 5. The van der Waals surface area contributed by atoms with E-state index < -0.39 is 0 Å². The van der Waals surface area contributed by atoms with Crippen LogP contribution >= 0.6 is 11.3 Å². The van der Waals surface area contributed by atoms with E-state index >= 15 is 0 Å². The average molecular weight is 291 g/mol. The van der Waals surface area contributed by atoms with Gasteiger partial charge in [-0.05, 0) is 42.8 Å². The molecule has 0 spiro atoms. The molecule has 2 N–H and O–H groups in total. The molecule has 0 aliphatic heterocycles. The fraction of sp³-hybridized carbons (Fsp3) is 0.267. The molecule has 1 aromatic heterocycles. The average Bonchev–Trinajstić information content (AvgIpc) is 2.85. The number of hydrogen-bond acceptors (Lipinski definition) is 5. The minimum Gasteiger partial charge on any atom is -0.508 e. The van der Waals surface area contributed by atoms with Crippen LogP contribution in [0.2, 0.25) is 0 Å². The monoisotopic (exact) mass is 291 g/mol. The number of benzene rings is 1. The van der Waals surface area contributed by atoms with Crippen LogP contribution < -0.4 is 5.32 Å². The normalized spacial score (nSPS) is 10.3.